The number of nitrogens with zero attached hydrogens (tertiary/aromatic N) is 1. The summed E-state index contributed by atoms with van der Waals surface area (Å²) in [5, 5.41) is 17.4. The molecule has 0 aliphatic heterocycles. The number of H-pyrrole nitrogens is 1. The normalized spacial score (nSPS) is 16.3. The second kappa shape index (κ2) is 11.3. The van der Waals surface area contributed by atoms with Gasteiger partial charge in [0, 0.05) is 52.9 Å². The molecule has 7 heteroatoms. The molecule has 2 aromatic heterocycles. The summed E-state index contributed by atoms with van der Waals surface area (Å²) in [7, 11) is 0. The number of aromatic hydroxyl groups is 1. The monoisotopic (exact) mass is 524 g/mol. The second-order valence-electron chi connectivity index (χ2n) is 11.0. The van der Waals surface area contributed by atoms with Crippen LogP contribution < -0.4 is 10.6 Å². The molecule has 0 unspecified atom stereocenters. The van der Waals surface area contributed by atoms with Crippen LogP contribution in [0.15, 0.2) is 79.1 Å². The predicted molar refractivity (Wildman–Crippen MR) is 152 cm³/mol. The summed E-state index contributed by atoms with van der Waals surface area (Å²) < 4.78 is 0. The number of fused-ring (bicyclic) bond motifs is 1. The number of amides is 2. The van der Waals surface area contributed by atoms with Crippen LogP contribution in [0.25, 0.3) is 10.9 Å². The summed E-state index contributed by atoms with van der Waals surface area (Å²) in [6.45, 7) is 2.24. The quantitative estimate of drug-likeness (QED) is 0.249. The molecule has 1 fully saturated rings. The Balaban J connectivity index is 1.40. The Kier molecular flexibility index (Phi) is 7.68. The number of phenols is 1. The highest BCUT2D eigenvalue weighted by Gasteiger charge is 2.40. The highest BCUT2D eigenvalue weighted by molar-refractivity contribution is 5.93. The first kappa shape index (κ1) is 26.5. The van der Waals surface area contributed by atoms with E-state index in [4.69, 9.17) is 0 Å². The molecule has 202 valence electrons. The smallest absolute Gasteiger partial charge is 0.245 e. The van der Waals surface area contributed by atoms with Crippen LogP contribution in [0, 0.1) is 0 Å². The number of phenolic OH excluding ortho intramolecular Hbond substituents is 1. The molecule has 0 saturated heterocycles. The van der Waals surface area contributed by atoms with Gasteiger partial charge in [0.05, 0.1) is 6.42 Å². The van der Waals surface area contributed by atoms with Crippen LogP contribution in [-0.4, -0.2) is 39.0 Å². The number of para-hydroxylation sites is 2. The highest BCUT2D eigenvalue weighted by Crippen LogP contribution is 2.38. The van der Waals surface area contributed by atoms with E-state index in [2.05, 4.69) is 26.7 Å². The minimum atomic E-state index is -1.22. The van der Waals surface area contributed by atoms with Gasteiger partial charge in [0.15, 0.2) is 0 Å². The van der Waals surface area contributed by atoms with E-state index in [9.17, 15) is 14.7 Å². The van der Waals surface area contributed by atoms with Crippen LogP contribution >= 0.6 is 0 Å². The predicted octanol–water partition coefficient (Wildman–Crippen LogP) is 4.95. The molecule has 4 N–H and O–H groups in total. The van der Waals surface area contributed by atoms with E-state index in [1.807, 2.05) is 48.8 Å². The minimum absolute atomic E-state index is 0.0265. The van der Waals surface area contributed by atoms with Crippen molar-refractivity contribution in [2.45, 2.75) is 62.8 Å². The first-order valence-electron chi connectivity index (χ1n) is 13.7. The lowest BCUT2D eigenvalue weighted by Gasteiger charge is -2.38. The minimum Gasteiger partial charge on any atom is -0.508 e. The fourth-order valence-electron chi connectivity index (χ4n) is 5.90. The van der Waals surface area contributed by atoms with E-state index < -0.39 is 5.54 Å². The van der Waals surface area contributed by atoms with E-state index in [-0.39, 0.29) is 29.4 Å². The van der Waals surface area contributed by atoms with Crippen molar-refractivity contribution in [3.8, 4) is 5.75 Å². The Labute approximate surface area is 229 Å². The van der Waals surface area contributed by atoms with Gasteiger partial charge in [-0.3, -0.25) is 14.6 Å². The summed E-state index contributed by atoms with van der Waals surface area (Å²) in [6, 6.07) is 20.7. The Morgan fingerprint density at radius 3 is 2.49 bits per heavy atom. The van der Waals surface area contributed by atoms with E-state index in [1.54, 1.807) is 31.2 Å². The lowest BCUT2D eigenvalue weighted by Crippen LogP contribution is -2.60. The maximum atomic E-state index is 14.0. The number of pyridine rings is 1. The number of rotatable bonds is 9. The van der Waals surface area contributed by atoms with Crippen LogP contribution in [0.4, 0.5) is 0 Å². The Hall–Kier alpha value is -4.13. The molecule has 2 amide bonds. The van der Waals surface area contributed by atoms with E-state index in [1.165, 1.54) is 6.42 Å². The molecule has 5 rings (SSSR count). The molecule has 0 radical (unpaired) electrons. The molecule has 7 nitrogen and oxygen atoms in total. The summed E-state index contributed by atoms with van der Waals surface area (Å²) in [5.74, 6) is -0.504. The maximum Gasteiger partial charge on any atom is 0.245 e. The molecular weight excluding hydrogens is 488 g/mol. The lowest BCUT2D eigenvalue weighted by molar-refractivity contribution is -0.133. The fourth-order valence-corrected chi connectivity index (χ4v) is 5.90. The van der Waals surface area contributed by atoms with E-state index >= 15 is 0 Å². The van der Waals surface area contributed by atoms with Crippen LogP contribution in [0.5, 0.6) is 5.75 Å². The van der Waals surface area contributed by atoms with Crippen LogP contribution in [0.3, 0.4) is 0 Å². The Bertz CT molecular complexity index is 1440. The number of nitrogens with one attached hydrogen (secondary N) is 3. The van der Waals surface area contributed by atoms with Crippen molar-refractivity contribution in [1.29, 1.82) is 0 Å². The second-order valence-corrected chi connectivity index (χ2v) is 11.0. The number of benzene rings is 2. The van der Waals surface area contributed by atoms with Gasteiger partial charge in [-0.15, -0.1) is 0 Å². The van der Waals surface area contributed by atoms with E-state index in [0.717, 1.165) is 47.8 Å². The van der Waals surface area contributed by atoms with Gasteiger partial charge < -0.3 is 20.7 Å². The van der Waals surface area contributed by atoms with Gasteiger partial charge in [-0.05, 0) is 49.6 Å². The summed E-state index contributed by atoms with van der Waals surface area (Å²) in [6.07, 6.45) is 9.30. The zero-order valence-electron chi connectivity index (χ0n) is 22.4. The number of aromatic nitrogens is 2. The largest absolute Gasteiger partial charge is 0.508 e. The molecule has 39 heavy (non-hydrogen) atoms. The van der Waals surface area contributed by atoms with Crippen molar-refractivity contribution in [3.05, 3.63) is 95.9 Å². The van der Waals surface area contributed by atoms with Gasteiger partial charge in [0.25, 0.3) is 0 Å². The zero-order chi connectivity index (χ0) is 27.3. The number of aromatic amines is 1. The molecule has 0 bridgehead atoms. The van der Waals surface area contributed by atoms with Crippen molar-refractivity contribution >= 4 is 22.7 Å². The molecule has 4 aromatic rings. The van der Waals surface area contributed by atoms with Crippen molar-refractivity contribution in [1.82, 2.24) is 20.6 Å². The average Bonchev–Trinajstić information content (AvgIpc) is 3.36. The molecule has 2 heterocycles. The van der Waals surface area contributed by atoms with Crippen molar-refractivity contribution < 1.29 is 14.7 Å². The fraction of sp³-hybridized carbons (Fsp3) is 0.344. The lowest BCUT2D eigenvalue weighted by atomic mass is 9.71. The van der Waals surface area contributed by atoms with Crippen molar-refractivity contribution in [3.63, 3.8) is 0 Å². The van der Waals surface area contributed by atoms with Crippen LogP contribution in [0.2, 0.25) is 0 Å². The first-order chi connectivity index (χ1) is 18.9. The maximum absolute atomic E-state index is 14.0. The molecule has 1 aliphatic rings. The third-order valence-electron chi connectivity index (χ3n) is 8.08. The number of hydrogen-bond donors (Lipinski definition) is 4. The van der Waals surface area contributed by atoms with Crippen LogP contribution in [0.1, 0.15) is 55.8 Å². The molecule has 1 aliphatic carbocycles. The number of hydrogen-bond acceptors (Lipinski definition) is 4. The zero-order valence-corrected chi connectivity index (χ0v) is 22.4. The van der Waals surface area contributed by atoms with Crippen molar-refractivity contribution in [2.75, 3.05) is 6.54 Å². The standard InChI is InChI=1S/C32H36N4O3/c1-31(20-24-21-34-26-13-5-4-12-25(24)26,36-29(38)19-23-11-3-6-14-27(23)37)30(39)35-22-32(16-8-2-9-17-32)28-15-7-10-18-33-28/h3-7,10-15,18,21,34,37H,2,8-9,16-17,19-20,22H2,1H3,(H,35,39)(H,36,38)/t31-/m0/s1. The summed E-state index contributed by atoms with van der Waals surface area (Å²) in [5.41, 5.74) is 2.01. The van der Waals surface area contributed by atoms with E-state index in [0.29, 0.717) is 18.5 Å². The van der Waals surface area contributed by atoms with Gasteiger partial charge in [0.1, 0.15) is 11.3 Å². The third kappa shape index (κ3) is 5.82. The molecule has 2 aromatic carbocycles. The highest BCUT2D eigenvalue weighted by atomic mass is 16.3. The van der Waals surface area contributed by atoms with Gasteiger partial charge in [-0.2, -0.15) is 0 Å². The Morgan fingerprint density at radius 2 is 1.72 bits per heavy atom. The average molecular weight is 525 g/mol. The van der Waals surface area contributed by atoms with Gasteiger partial charge >= 0.3 is 0 Å². The summed E-state index contributed by atoms with van der Waals surface area (Å²) in [4.78, 5) is 35.2. The topological polar surface area (TPSA) is 107 Å². The van der Waals surface area contributed by atoms with Gasteiger partial charge in [-0.1, -0.05) is 61.7 Å². The number of carbonyl (C=O) groups excluding carboxylic acids is 2. The SMILES string of the molecule is C[C@@](Cc1c[nH]c2ccccc12)(NC(=O)Cc1ccccc1O)C(=O)NCC1(c2ccccn2)CCCCC1. The Morgan fingerprint density at radius 1 is 0.974 bits per heavy atom. The molecule has 1 atom stereocenters. The molecule has 1 saturated carbocycles. The molecule has 0 spiro atoms. The third-order valence-corrected chi connectivity index (χ3v) is 8.08. The first-order valence-corrected chi connectivity index (χ1v) is 13.7. The van der Waals surface area contributed by atoms with Crippen molar-refractivity contribution in [2.24, 2.45) is 0 Å². The summed E-state index contributed by atoms with van der Waals surface area (Å²) >= 11 is 0. The molecular formula is C32H36N4O3. The number of carbonyl (C=O) groups is 2. The van der Waals surface area contributed by atoms with Gasteiger partial charge in [0.2, 0.25) is 11.8 Å². The van der Waals surface area contributed by atoms with Gasteiger partial charge in [-0.25, -0.2) is 0 Å². The van der Waals surface area contributed by atoms with Crippen LogP contribution in [-0.2, 0) is 27.8 Å².